The van der Waals surface area contributed by atoms with E-state index in [9.17, 15) is 0 Å². The minimum atomic E-state index is 0.755. The standard InChI is InChI=1S/C13H13BrIN3/c1-3-16-13-11(15)8(2)17-12(18-13)9-5-4-6-10(14)7-9/h4-7H,3H2,1-2H3,(H,16,17,18). The third-order valence-electron chi connectivity index (χ3n) is 2.44. The van der Waals surface area contributed by atoms with Crippen molar-refractivity contribution in [3.05, 3.63) is 38.0 Å². The summed E-state index contributed by atoms with van der Waals surface area (Å²) in [6.45, 7) is 4.92. The Labute approximate surface area is 129 Å². The molecular weight excluding hydrogens is 405 g/mol. The molecule has 0 aliphatic carbocycles. The Morgan fingerprint density at radius 2 is 2.11 bits per heavy atom. The third-order valence-corrected chi connectivity index (χ3v) is 4.23. The molecule has 0 saturated heterocycles. The Hall–Kier alpha value is -0.690. The van der Waals surface area contributed by atoms with Crippen LogP contribution in [0.1, 0.15) is 12.6 Å². The van der Waals surface area contributed by atoms with Crippen LogP contribution in [0, 0.1) is 10.5 Å². The van der Waals surface area contributed by atoms with E-state index in [1.165, 1.54) is 0 Å². The van der Waals surface area contributed by atoms with Gasteiger partial charge in [0, 0.05) is 16.6 Å². The van der Waals surface area contributed by atoms with E-state index in [1.54, 1.807) is 0 Å². The topological polar surface area (TPSA) is 37.8 Å². The van der Waals surface area contributed by atoms with E-state index in [4.69, 9.17) is 0 Å². The monoisotopic (exact) mass is 417 g/mol. The fourth-order valence-corrected chi connectivity index (χ4v) is 2.43. The van der Waals surface area contributed by atoms with Gasteiger partial charge in [0.05, 0.1) is 9.26 Å². The molecule has 2 rings (SSSR count). The van der Waals surface area contributed by atoms with Gasteiger partial charge in [0.15, 0.2) is 5.82 Å². The van der Waals surface area contributed by atoms with Crippen LogP contribution in [0.4, 0.5) is 5.82 Å². The number of hydrogen-bond acceptors (Lipinski definition) is 3. The average Bonchev–Trinajstić information content (AvgIpc) is 2.35. The number of nitrogens with zero attached hydrogens (tertiary/aromatic N) is 2. The van der Waals surface area contributed by atoms with Gasteiger partial charge in [0.2, 0.25) is 0 Å². The highest BCUT2D eigenvalue weighted by molar-refractivity contribution is 14.1. The number of hydrogen-bond donors (Lipinski definition) is 1. The molecule has 1 aromatic carbocycles. The normalized spacial score (nSPS) is 10.4. The van der Waals surface area contributed by atoms with Gasteiger partial charge < -0.3 is 5.32 Å². The highest BCUT2D eigenvalue weighted by atomic mass is 127. The molecule has 3 nitrogen and oxygen atoms in total. The van der Waals surface area contributed by atoms with Crippen molar-refractivity contribution in [2.75, 3.05) is 11.9 Å². The van der Waals surface area contributed by atoms with E-state index in [2.05, 4.69) is 60.7 Å². The number of benzene rings is 1. The molecule has 0 spiro atoms. The molecule has 0 fully saturated rings. The molecule has 94 valence electrons. The van der Waals surface area contributed by atoms with Gasteiger partial charge in [-0.2, -0.15) is 0 Å². The van der Waals surface area contributed by atoms with Crippen LogP contribution in [0.25, 0.3) is 11.4 Å². The van der Waals surface area contributed by atoms with E-state index in [0.29, 0.717) is 0 Å². The second-order valence-corrected chi connectivity index (χ2v) is 5.83. The first-order chi connectivity index (χ1) is 8.61. The lowest BCUT2D eigenvalue weighted by atomic mass is 10.2. The van der Waals surface area contributed by atoms with E-state index in [1.807, 2.05) is 31.2 Å². The Kier molecular flexibility index (Phi) is 4.55. The molecule has 0 unspecified atom stereocenters. The van der Waals surface area contributed by atoms with Gasteiger partial charge in [-0.25, -0.2) is 9.97 Å². The van der Waals surface area contributed by atoms with E-state index in [0.717, 1.165) is 37.5 Å². The Bertz CT molecular complexity index is 572. The maximum Gasteiger partial charge on any atom is 0.161 e. The SMILES string of the molecule is CCNc1nc(-c2cccc(Br)c2)nc(C)c1I. The van der Waals surface area contributed by atoms with Gasteiger partial charge in [0.25, 0.3) is 0 Å². The van der Waals surface area contributed by atoms with Crippen LogP contribution in [0.2, 0.25) is 0 Å². The molecule has 0 amide bonds. The van der Waals surface area contributed by atoms with Crippen molar-refractivity contribution in [1.82, 2.24) is 9.97 Å². The number of rotatable bonds is 3. The predicted octanol–water partition coefficient (Wildman–Crippen LogP) is 4.25. The van der Waals surface area contributed by atoms with Crippen molar-refractivity contribution in [1.29, 1.82) is 0 Å². The molecule has 1 aromatic heterocycles. The van der Waals surface area contributed by atoms with Crippen molar-refractivity contribution in [3.8, 4) is 11.4 Å². The molecule has 0 saturated carbocycles. The maximum atomic E-state index is 4.58. The van der Waals surface area contributed by atoms with E-state index in [-0.39, 0.29) is 0 Å². The van der Waals surface area contributed by atoms with E-state index >= 15 is 0 Å². The fraction of sp³-hybridized carbons (Fsp3) is 0.231. The summed E-state index contributed by atoms with van der Waals surface area (Å²) < 4.78 is 2.11. The molecule has 1 N–H and O–H groups in total. The Morgan fingerprint density at radius 1 is 1.33 bits per heavy atom. The molecule has 2 aromatic rings. The van der Waals surface area contributed by atoms with Crippen LogP contribution >= 0.6 is 38.5 Å². The van der Waals surface area contributed by atoms with E-state index < -0.39 is 0 Å². The second-order valence-electron chi connectivity index (χ2n) is 3.84. The summed E-state index contributed by atoms with van der Waals surface area (Å²) in [4.78, 5) is 9.13. The zero-order chi connectivity index (χ0) is 13.1. The van der Waals surface area contributed by atoms with Crippen LogP contribution < -0.4 is 5.32 Å². The number of nitrogens with one attached hydrogen (secondary N) is 1. The predicted molar refractivity (Wildman–Crippen MR) is 86.8 cm³/mol. The zero-order valence-electron chi connectivity index (χ0n) is 10.2. The van der Waals surface area contributed by atoms with Crippen molar-refractivity contribution in [3.63, 3.8) is 0 Å². The fourth-order valence-electron chi connectivity index (χ4n) is 1.60. The van der Waals surface area contributed by atoms with Crippen LogP contribution in [0.5, 0.6) is 0 Å². The van der Waals surface area contributed by atoms with Crippen molar-refractivity contribution in [2.45, 2.75) is 13.8 Å². The van der Waals surface area contributed by atoms with Gasteiger partial charge in [-0.3, -0.25) is 0 Å². The van der Waals surface area contributed by atoms with Crippen molar-refractivity contribution >= 4 is 44.3 Å². The number of halogens is 2. The number of aryl methyl sites for hydroxylation is 1. The highest BCUT2D eigenvalue weighted by Gasteiger charge is 2.10. The van der Waals surface area contributed by atoms with Gasteiger partial charge in [-0.15, -0.1) is 0 Å². The van der Waals surface area contributed by atoms with Crippen molar-refractivity contribution < 1.29 is 0 Å². The summed E-state index contributed by atoms with van der Waals surface area (Å²) in [6.07, 6.45) is 0. The molecule has 0 aliphatic rings. The molecule has 0 aliphatic heterocycles. The minimum Gasteiger partial charge on any atom is -0.369 e. The number of anilines is 1. The van der Waals surface area contributed by atoms with Crippen molar-refractivity contribution in [2.24, 2.45) is 0 Å². The summed E-state index contributed by atoms with van der Waals surface area (Å²) in [5, 5.41) is 3.27. The lowest BCUT2D eigenvalue weighted by molar-refractivity contribution is 1.06. The molecule has 0 atom stereocenters. The second kappa shape index (κ2) is 5.97. The lowest BCUT2D eigenvalue weighted by Gasteiger charge is -2.10. The molecule has 1 heterocycles. The van der Waals surface area contributed by atoms with Crippen LogP contribution in [-0.2, 0) is 0 Å². The van der Waals surface area contributed by atoms with Gasteiger partial charge in [0.1, 0.15) is 5.82 Å². The maximum absolute atomic E-state index is 4.58. The Balaban J connectivity index is 2.51. The highest BCUT2D eigenvalue weighted by Crippen LogP contribution is 2.25. The minimum absolute atomic E-state index is 0.755. The first-order valence-corrected chi connectivity index (χ1v) is 7.53. The van der Waals surface area contributed by atoms with Gasteiger partial charge >= 0.3 is 0 Å². The summed E-state index contributed by atoms with van der Waals surface area (Å²) in [5.41, 5.74) is 2.01. The summed E-state index contributed by atoms with van der Waals surface area (Å²) in [6, 6.07) is 8.02. The van der Waals surface area contributed by atoms with Gasteiger partial charge in [-0.05, 0) is 48.6 Å². The summed E-state index contributed by atoms with van der Waals surface area (Å²) in [7, 11) is 0. The first kappa shape index (κ1) is 13.7. The number of aromatic nitrogens is 2. The molecule has 0 bridgehead atoms. The molecule has 5 heteroatoms. The molecular formula is C13H13BrIN3. The Morgan fingerprint density at radius 3 is 2.78 bits per heavy atom. The summed E-state index contributed by atoms with van der Waals surface area (Å²) >= 11 is 5.74. The van der Waals surface area contributed by atoms with Crippen LogP contribution in [0.15, 0.2) is 28.7 Å². The zero-order valence-corrected chi connectivity index (χ0v) is 13.9. The smallest absolute Gasteiger partial charge is 0.161 e. The first-order valence-electron chi connectivity index (χ1n) is 5.65. The van der Waals surface area contributed by atoms with Gasteiger partial charge in [-0.1, -0.05) is 28.1 Å². The molecule has 0 radical (unpaired) electrons. The average molecular weight is 418 g/mol. The van der Waals surface area contributed by atoms with Crippen LogP contribution in [0.3, 0.4) is 0 Å². The van der Waals surface area contributed by atoms with Crippen LogP contribution in [-0.4, -0.2) is 16.5 Å². The quantitative estimate of drug-likeness (QED) is 0.758. The lowest BCUT2D eigenvalue weighted by Crippen LogP contribution is -2.06. The third kappa shape index (κ3) is 3.00. The summed E-state index contributed by atoms with van der Waals surface area (Å²) in [5.74, 6) is 1.66. The molecule has 18 heavy (non-hydrogen) atoms. The largest absolute Gasteiger partial charge is 0.369 e.